The molecule has 2 fully saturated rings. The van der Waals surface area contributed by atoms with Crippen LogP contribution in [-0.4, -0.2) is 62.9 Å². The summed E-state index contributed by atoms with van der Waals surface area (Å²) in [5, 5.41) is 19.7. The molecule has 34 heavy (non-hydrogen) atoms. The van der Waals surface area contributed by atoms with Crippen molar-refractivity contribution >= 4 is 21.4 Å². The first kappa shape index (κ1) is 27.0. The van der Waals surface area contributed by atoms with E-state index in [0.29, 0.717) is 0 Å². The first-order valence-corrected chi connectivity index (χ1v) is 12.8. The number of hydrogen-bond donors (Lipinski definition) is 3. The summed E-state index contributed by atoms with van der Waals surface area (Å²) in [6.45, 7) is 1.80. The maximum absolute atomic E-state index is 12.0. The summed E-state index contributed by atoms with van der Waals surface area (Å²) in [5.41, 5.74) is -1.24. The fourth-order valence-corrected chi connectivity index (χ4v) is 5.37. The number of ether oxygens (including phenoxy) is 2. The molecule has 18 heteroatoms. The van der Waals surface area contributed by atoms with Gasteiger partial charge in [-0.15, -0.1) is 0 Å². The number of aliphatic hydroxyl groups is 2. The second-order valence-corrected chi connectivity index (χ2v) is 10.6. The highest BCUT2D eigenvalue weighted by atomic mass is 31.3. The van der Waals surface area contributed by atoms with Gasteiger partial charge in [-0.3, -0.25) is 32.8 Å². The molecule has 0 aromatic carbocycles. The van der Waals surface area contributed by atoms with E-state index >= 15 is 0 Å². The summed E-state index contributed by atoms with van der Waals surface area (Å²) >= 11 is 0. The van der Waals surface area contributed by atoms with E-state index in [1.807, 2.05) is 0 Å². The van der Waals surface area contributed by atoms with Crippen LogP contribution in [0.4, 0.5) is 0 Å². The number of ketones is 1. The van der Waals surface area contributed by atoms with Crippen LogP contribution in [0.3, 0.4) is 0 Å². The van der Waals surface area contributed by atoms with Crippen LogP contribution in [0.25, 0.3) is 0 Å². The van der Waals surface area contributed by atoms with Gasteiger partial charge in [0.25, 0.3) is 21.2 Å². The lowest BCUT2D eigenvalue weighted by Gasteiger charge is -2.36. The Hall–Kier alpha value is -1.55. The molecule has 0 spiro atoms. The molecule has 16 nitrogen and oxygen atoms in total. The van der Waals surface area contributed by atoms with Crippen molar-refractivity contribution < 1.29 is 56.8 Å². The average Bonchev–Trinajstić information content (AvgIpc) is 3.06. The standard InChI is InChI=1S/C16H24N2O14P2/c1-7-5-18(16(23)17-15(7)22)12-3-9(19)11(30-12)6-28-33(24,25)32-34(26,27)31-13-4-10(20)14(21)8(2)29-13/h5,8-13,19-20H,3-4,6H2,1-2H3,(H,24,25)(H,26,27)(H,17,22,23)/p-2/t8-,9+,10-,11-,12-,13-/m1/s1. The maximum Gasteiger partial charge on any atom is 0.330 e. The number of H-pyrrole nitrogens is 1. The minimum Gasteiger partial charge on any atom is -0.756 e. The molecule has 1 aromatic heterocycles. The molecule has 0 aliphatic carbocycles. The van der Waals surface area contributed by atoms with E-state index in [1.54, 1.807) is 0 Å². The topological polar surface area (TPSA) is 239 Å². The average molecular weight is 528 g/mol. The van der Waals surface area contributed by atoms with Gasteiger partial charge in [0, 0.05) is 24.6 Å². The monoisotopic (exact) mass is 528 g/mol. The Labute approximate surface area is 191 Å². The minimum absolute atomic E-state index is 0.162. The normalized spacial score (nSPS) is 33.4. The number of Topliss-reactive ketones (excluding diaryl/α,β-unsaturated/α-hetero) is 1. The Morgan fingerprint density at radius 1 is 1.18 bits per heavy atom. The summed E-state index contributed by atoms with van der Waals surface area (Å²) in [4.78, 5) is 60.9. The number of hydrogen-bond acceptors (Lipinski definition) is 14. The number of aryl methyl sites for hydroxylation is 1. The number of rotatable bonds is 8. The van der Waals surface area contributed by atoms with E-state index in [1.165, 1.54) is 20.0 Å². The Kier molecular flexibility index (Phi) is 8.12. The molecule has 2 aliphatic heterocycles. The molecule has 0 amide bonds. The smallest absolute Gasteiger partial charge is 0.330 e. The van der Waals surface area contributed by atoms with Gasteiger partial charge in [0.1, 0.15) is 24.5 Å². The van der Waals surface area contributed by atoms with Gasteiger partial charge in [-0.1, -0.05) is 0 Å². The van der Waals surface area contributed by atoms with E-state index in [0.717, 1.165) is 4.57 Å². The quantitative estimate of drug-likeness (QED) is 0.297. The van der Waals surface area contributed by atoms with Crippen molar-refractivity contribution in [2.75, 3.05) is 6.61 Å². The van der Waals surface area contributed by atoms with Gasteiger partial charge in [-0.25, -0.2) is 9.11 Å². The highest BCUT2D eigenvalue weighted by molar-refractivity contribution is 7.59. The van der Waals surface area contributed by atoms with Crippen LogP contribution in [0.15, 0.2) is 15.8 Å². The third-order valence-electron chi connectivity index (χ3n) is 5.00. The predicted octanol–water partition coefficient (Wildman–Crippen LogP) is -2.46. The van der Waals surface area contributed by atoms with Gasteiger partial charge in [0.2, 0.25) is 0 Å². The molecule has 0 bridgehead atoms. The van der Waals surface area contributed by atoms with E-state index < -0.39 is 82.6 Å². The highest BCUT2D eigenvalue weighted by Crippen LogP contribution is 2.56. The summed E-state index contributed by atoms with van der Waals surface area (Å²) in [5.74, 6) is -0.702. The zero-order valence-electron chi connectivity index (χ0n) is 17.8. The molecule has 8 atom stereocenters. The molecule has 3 heterocycles. The Bertz CT molecular complexity index is 1120. The predicted molar refractivity (Wildman–Crippen MR) is 104 cm³/mol. The largest absolute Gasteiger partial charge is 0.756 e. The van der Waals surface area contributed by atoms with Gasteiger partial charge in [-0.2, -0.15) is 0 Å². The van der Waals surface area contributed by atoms with Gasteiger partial charge < -0.3 is 34.0 Å². The molecule has 3 rings (SSSR count). The van der Waals surface area contributed by atoms with Gasteiger partial charge in [-0.05, 0) is 13.8 Å². The number of aromatic nitrogens is 2. The van der Waals surface area contributed by atoms with Gasteiger partial charge >= 0.3 is 5.69 Å². The lowest BCUT2D eigenvalue weighted by atomic mass is 10.1. The van der Waals surface area contributed by atoms with Crippen LogP contribution in [0, 0.1) is 6.92 Å². The fourth-order valence-electron chi connectivity index (χ4n) is 3.30. The van der Waals surface area contributed by atoms with E-state index in [4.69, 9.17) is 9.47 Å². The molecular weight excluding hydrogens is 506 g/mol. The molecule has 0 radical (unpaired) electrons. The number of phosphoric acid groups is 2. The molecule has 0 saturated carbocycles. The number of aromatic amines is 1. The summed E-state index contributed by atoms with van der Waals surface area (Å²) in [7, 11) is -11.2. The van der Waals surface area contributed by atoms with E-state index in [-0.39, 0.29) is 12.0 Å². The number of nitrogens with one attached hydrogen (secondary N) is 1. The van der Waals surface area contributed by atoms with E-state index in [2.05, 4.69) is 18.3 Å². The highest BCUT2D eigenvalue weighted by Gasteiger charge is 2.38. The SMILES string of the molecule is Cc1cn([C@H]2C[C@H](O)[C@@H](COP(=O)([O-])OP(=O)([O-])O[C@@H]3C[C@@H](O)C(=O)[C@@H](C)O3)O2)c(=O)[nH]c1=O. The van der Waals surface area contributed by atoms with Crippen LogP contribution in [0.5, 0.6) is 0 Å². The third kappa shape index (κ3) is 6.56. The summed E-state index contributed by atoms with van der Waals surface area (Å²) < 4.78 is 48.1. The van der Waals surface area contributed by atoms with Crippen molar-refractivity contribution in [2.45, 2.75) is 63.6 Å². The van der Waals surface area contributed by atoms with Crippen molar-refractivity contribution in [1.82, 2.24) is 9.55 Å². The first-order valence-electron chi connectivity index (χ1n) is 9.86. The Morgan fingerprint density at radius 3 is 2.50 bits per heavy atom. The first-order chi connectivity index (χ1) is 15.7. The molecule has 2 unspecified atom stereocenters. The summed E-state index contributed by atoms with van der Waals surface area (Å²) in [6.07, 6.45) is -7.65. The van der Waals surface area contributed by atoms with Crippen LogP contribution in [0.1, 0.15) is 31.6 Å². The molecule has 2 aliphatic rings. The van der Waals surface area contributed by atoms with Gasteiger partial charge in [0.15, 0.2) is 12.1 Å². The number of aliphatic hydroxyl groups excluding tert-OH is 2. The molecular formula is C16H22N2O14P2-2. The van der Waals surface area contributed by atoms with Crippen LogP contribution >= 0.6 is 15.6 Å². The van der Waals surface area contributed by atoms with Crippen LogP contribution < -0.4 is 21.0 Å². The molecule has 3 N–H and O–H groups in total. The van der Waals surface area contributed by atoms with Crippen LogP contribution in [-0.2, 0) is 36.8 Å². The fraction of sp³-hybridized carbons (Fsp3) is 0.688. The third-order valence-corrected chi connectivity index (χ3v) is 7.56. The Balaban J connectivity index is 1.57. The summed E-state index contributed by atoms with van der Waals surface area (Å²) in [6, 6.07) is 0. The van der Waals surface area contributed by atoms with Crippen molar-refractivity contribution in [1.29, 1.82) is 0 Å². The second-order valence-electron chi connectivity index (χ2n) is 7.65. The van der Waals surface area contributed by atoms with Crippen molar-refractivity contribution in [3.8, 4) is 0 Å². The van der Waals surface area contributed by atoms with E-state index in [9.17, 15) is 43.5 Å². The van der Waals surface area contributed by atoms with Crippen LogP contribution in [0.2, 0.25) is 0 Å². The Morgan fingerprint density at radius 2 is 1.85 bits per heavy atom. The molecule has 192 valence electrons. The zero-order chi connectivity index (χ0) is 25.4. The van der Waals surface area contributed by atoms with Crippen molar-refractivity contribution in [3.05, 3.63) is 32.6 Å². The van der Waals surface area contributed by atoms with Gasteiger partial charge in [0.05, 0.1) is 12.7 Å². The second kappa shape index (κ2) is 10.2. The maximum atomic E-state index is 12.0. The minimum atomic E-state index is -5.59. The zero-order valence-corrected chi connectivity index (χ0v) is 19.6. The number of nitrogens with zero attached hydrogens (tertiary/aromatic N) is 1. The molecule has 2 saturated heterocycles. The van der Waals surface area contributed by atoms with Crippen molar-refractivity contribution in [2.24, 2.45) is 0 Å². The van der Waals surface area contributed by atoms with Crippen molar-refractivity contribution in [3.63, 3.8) is 0 Å². The lowest BCUT2D eigenvalue weighted by Crippen LogP contribution is -2.44. The molecule has 1 aromatic rings. The number of carbonyl (C=O) groups excluding carboxylic acids is 1. The lowest BCUT2D eigenvalue weighted by molar-refractivity contribution is -0.262. The number of phosphoric ester groups is 2. The number of carbonyl (C=O) groups is 1.